The summed E-state index contributed by atoms with van der Waals surface area (Å²) in [6.07, 6.45) is 6.45. The molecule has 0 aromatic heterocycles. The van der Waals surface area contributed by atoms with Crippen LogP contribution >= 0.6 is 0 Å². The molecule has 6 nitrogen and oxygen atoms in total. The second-order valence-electron chi connectivity index (χ2n) is 5.20. The van der Waals surface area contributed by atoms with Crippen molar-refractivity contribution < 1.29 is 19.1 Å². The van der Waals surface area contributed by atoms with E-state index in [0.29, 0.717) is 17.1 Å². The van der Waals surface area contributed by atoms with Crippen LogP contribution in [0.3, 0.4) is 0 Å². The topological polar surface area (TPSA) is 69.1 Å². The smallest absolute Gasteiger partial charge is 0.433 e. The molecule has 1 N–H and O–H groups in total. The number of hydrogen-bond acceptors (Lipinski definition) is 5. The van der Waals surface area contributed by atoms with Gasteiger partial charge in [0, 0.05) is 11.6 Å². The van der Waals surface area contributed by atoms with Crippen molar-refractivity contribution in [1.82, 2.24) is 5.32 Å². The third-order valence-corrected chi connectivity index (χ3v) is 3.69. The first-order chi connectivity index (χ1) is 10.7. The van der Waals surface area contributed by atoms with Gasteiger partial charge in [0.1, 0.15) is 11.5 Å². The Kier molecular flexibility index (Phi) is 6.06. The van der Waals surface area contributed by atoms with Gasteiger partial charge in [-0.15, -0.1) is 0 Å². The van der Waals surface area contributed by atoms with E-state index in [0.717, 1.165) is 25.7 Å². The van der Waals surface area contributed by atoms with Crippen molar-refractivity contribution in [3.8, 4) is 11.5 Å². The van der Waals surface area contributed by atoms with Crippen molar-refractivity contribution >= 4 is 12.3 Å². The Labute approximate surface area is 130 Å². The second-order valence-corrected chi connectivity index (χ2v) is 5.20. The van der Waals surface area contributed by atoms with E-state index in [4.69, 9.17) is 14.3 Å². The zero-order chi connectivity index (χ0) is 15.8. The Morgan fingerprint density at radius 2 is 2.00 bits per heavy atom. The van der Waals surface area contributed by atoms with E-state index in [1.807, 2.05) is 0 Å². The number of nitrogens with zero attached hydrogens (tertiary/aromatic N) is 1. The summed E-state index contributed by atoms with van der Waals surface area (Å²) in [5, 5.41) is 6.54. The molecule has 1 aliphatic rings. The summed E-state index contributed by atoms with van der Waals surface area (Å²) in [5.74, 6) is 1.30. The molecule has 22 heavy (non-hydrogen) atoms. The fourth-order valence-corrected chi connectivity index (χ4v) is 2.51. The molecule has 0 bridgehead atoms. The lowest BCUT2D eigenvalue weighted by molar-refractivity contribution is 0.144. The monoisotopic (exact) mass is 306 g/mol. The van der Waals surface area contributed by atoms with E-state index in [9.17, 15) is 4.79 Å². The first-order valence-corrected chi connectivity index (χ1v) is 7.46. The normalized spacial score (nSPS) is 15.5. The molecule has 0 saturated heterocycles. The van der Waals surface area contributed by atoms with Gasteiger partial charge in [0.2, 0.25) is 0 Å². The largest absolute Gasteiger partial charge is 0.497 e. The Balaban J connectivity index is 1.89. The van der Waals surface area contributed by atoms with Crippen LogP contribution in [0.2, 0.25) is 0 Å². The number of ether oxygens (including phenoxy) is 2. The van der Waals surface area contributed by atoms with Crippen LogP contribution < -0.4 is 14.8 Å². The van der Waals surface area contributed by atoms with Gasteiger partial charge in [-0.3, -0.25) is 4.84 Å². The fourth-order valence-electron chi connectivity index (χ4n) is 2.51. The van der Waals surface area contributed by atoms with Crippen LogP contribution in [0.15, 0.2) is 23.4 Å². The Hall–Kier alpha value is -2.24. The summed E-state index contributed by atoms with van der Waals surface area (Å²) in [6, 6.07) is 5.50. The number of hydrogen-bond donors (Lipinski definition) is 1. The Morgan fingerprint density at radius 1 is 1.23 bits per heavy atom. The maximum atomic E-state index is 11.7. The average Bonchev–Trinajstić information content (AvgIpc) is 2.55. The van der Waals surface area contributed by atoms with Crippen LogP contribution in [-0.4, -0.2) is 32.6 Å². The summed E-state index contributed by atoms with van der Waals surface area (Å²) in [4.78, 5) is 16.5. The van der Waals surface area contributed by atoms with Gasteiger partial charge in [-0.2, -0.15) is 0 Å². The number of nitrogens with one attached hydrogen (secondary N) is 1. The molecular formula is C16H22N2O4. The zero-order valence-corrected chi connectivity index (χ0v) is 13.0. The highest BCUT2D eigenvalue weighted by atomic mass is 16.7. The summed E-state index contributed by atoms with van der Waals surface area (Å²) in [5.41, 5.74) is 0.673. The van der Waals surface area contributed by atoms with E-state index < -0.39 is 6.09 Å². The molecule has 0 radical (unpaired) electrons. The first kappa shape index (κ1) is 16.1. The number of methoxy groups -OCH3 is 2. The summed E-state index contributed by atoms with van der Waals surface area (Å²) >= 11 is 0. The van der Waals surface area contributed by atoms with Gasteiger partial charge >= 0.3 is 6.09 Å². The molecule has 0 spiro atoms. The average molecular weight is 306 g/mol. The Morgan fingerprint density at radius 3 is 2.68 bits per heavy atom. The molecule has 120 valence electrons. The molecule has 1 aliphatic carbocycles. The zero-order valence-electron chi connectivity index (χ0n) is 13.0. The van der Waals surface area contributed by atoms with Crippen molar-refractivity contribution in [2.45, 2.75) is 38.1 Å². The predicted octanol–water partition coefficient (Wildman–Crippen LogP) is 3.10. The molecule has 1 saturated carbocycles. The molecule has 6 heteroatoms. The van der Waals surface area contributed by atoms with Crippen molar-refractivity contribution in [1.29, 1.82) is 0 Å². The van der Waals surface area contributed by atoms with Crippen molar-refractivity contribution in [2.75, 3.05) is 14.2 Å². The van der Waals surface area contributed by atoms with Gasteiger partial charge in [0.05, 0.1) is 20.4 Å². The van der Waals surface area contributed by atoms with Crippen molar-refractivity contribution in [2.24, 2.45) is 5.16 Å². The molecule has 0 unspecified atom stereocenters. The van der Waals surface area contributed by atoms with Gasteiger partial charge in [-0.1, -0.05) is 24.4 Å². The molecule has 1 amide bonds. The van der Waals surface area contributed by atoms with E-state index >= 15 is 0 Å². The van der Waals surface area contributed by atoms with E-state index in [-0.39, 0.29) is 6.04 Å². The SMILES string of the molecule is COc1ccc(OC)c(C=NOC(=O)NC2CCCCC2)c1. The van der Waals surface area contributed by atoms with Gasteiger partial charge in [0.25, 0.3) is 0 Å². The van der Waals surface area contributed by atoms with E-state index in [1.54, 1.807) is 32.4 Å². The van der Waals surface area contributed by atoms with E-state index in [1.165, 1.54) is 12.6 Å². The second kappa shape index (κ2) is 8.26. The number of rotatable bonds is 5. The summed E-state index contributed by atoms with van der Waals surface area (Å²) in [7, 11) is 3.15. The quantitative estimate of drug-likeness (QED) is 0.515. The van der Waals surface area contributed by atoms with Crippen LogP contribution in [0.1, 0.15) is 37.7 Å². The van der Waals surface area contributed by atoms with Gasteiger partial charge < -0.3 is 14.8 Å². The minimum atomic E-state index is -0.523. The standard InChI is InChI=1S/C16H22N2O4/c1-20-14-8-9-15(21-2)12(10-14)11-17-22-16(19)18-13-6-4-3-5-7-13/h8-11,13H,3-7H2,1-2H3,(H,18,19). The third kappa shape index (κ3) is 4.65. The maximum absolute atomic E-state index is 11.7. The molecule has 2 rings (SSSR count). The van der Waals surface area contributed by atoms with Crippen LogP contribution in [0.4, 0.5) is 4.79 Å². The third-order valence-electron chi connectivity index (χ3n) is 3.69. The first-order valence-electron chi connectivity index (χ1n) is 7.46. The van der Waals surface area contributed by atoms with Crippen LogP contribution in [0.5, 0.6) is 11.5 Å². The van der Waals surface area contributed by atoms with Gasteiger partial charge in [-0.05, 0) is 31.0 Å². The minimum Gasteiger partial charge on any atom is -0.497 e. The molecule has 0 aliphatic heterocycles. The van der Waals surface area contributed by atoms with Crippen LogP contribution in [-0.2, 0) is 4.84 Å². The highest BCUT2D eigenvalue weighted by Gasteiger charge is 2.16. The van der Waals surface area contributed by atoms with E-state index in [2.05, 4.69) is 10.5 Å². The van der Waals surface area contributed by atoms with Gasteiger partial charge in [-0.25, -0.2) is 4.79 Å². The fraction of sp³-hybridized carbons (Fsp3) is 0.500. The summed E-state index contributed by atoms with van der Waals surface area (Å²) < 4.78 is 10.4. The molecule has 1 aromatic rings. The lowest BCUT2D eigenvalue weighted by Crippen LogP contribution is -2.35. The number of carbonyl (C=O) groups is 1. The summed E-state index contributed by atoms with van der Waals surface area (Å²) in [6.45, 7) is 0. The molecule has 0 heterocycles. The molecule has 1 fully saturated rings. The number of amides is 1. The lowest BCUT2D eigenvalue weighted by Gasteiger charge is -2.21. The van der Waals surface area contributed by atoms with Crippen molar-refractivity contribution in [3.05, 3.63) is 23.8 Å². The van der Waals surface area contributed by atoms with Crippen LogP contribution in [0.25, 0.3) is 0 Å². The van der Waals surface area contributed by atoms with Gasteiger partial charge in [0.15, 0.2) is 0 Å². The maximum Gasteiger partial charge on any atom is 0.433 e. The van der Waals surface area contributed by atoms with Crippen LogP contribution in [0, 0.1) is 0 Å². The number of benzene rings is 1. The molecule has 1 aromatic carbocycles. The predicted molar refractivity (Wildman–Crippen MR) is 83.6 cm³/mol. The Bertz CT molecular complexity index is 525. The molecular weight excluding hydrogens is 284 g/mol. The number of oxime groups is 1. The minimum absolute atomic E-state index is 0.197. The highest BCUT2D eigenvalue weighted by Crippen LogP contribution is 2.22. The highest BCUT2D eigenvalue weighted by molar-refractivity contribution is 5.84. The van der Waals surface area contributed by atoms with Crippen molar-refractivity contribution in [3.63, 3.8) is 0 Å². The lowest BCUT2D eigenvalue weighted by atomic mass is 9.96. The number of carbonyl (C=O) groups excluding carboxylic acids is 1. The molecule has 0 atom stereocenters.